The predicted octanol–water partition coefficient (Wildman–Crippen LogP) is 2.38. The highest BCUT2D eigenvalue weighted by Crippen LogP contribution is 2.09. The van der Waals surface area contributed by atoms with Gasteiger partial charge in [-0.2, -0.15) is 0 Å². The van der Waals surface area contributed by atoms with Crippen molar-refractivity contribution >= 4 is 29.9 Å². The third-order valence-corrected chi connectivity index (χ3v) is 4.27. The summed E-state index contributed by atoms with van der Waals surface area (Å²) in [7, 11) is 2.15. The van der Waals surface area contributed by atoms with Crippen molar-refractivity contribution in [2.24, 2.45) is 4.99 Å². The van der Waals surface area contributed by atoms with E-state index in [9.17, 15) is 0 Å². The molecule has 0 bridgehead atoms. The SMILES string of the molecule is CCNC(=NCCCN1CCCCCC1)NCCN(C)CC.I. The standard InChI is InChI=1S/C17H37N5.HI/c1-4-18-17(20-12-16-21(3)5-2)19-11-10-15-22-13-8-6-7-9-14-22;/h4-16H2,1-3H3,(H2,18,19,20);1H. The number of guanidine groups is 1. The van der Waals surface area contributed by atoms with Crippen molar-refractivity contribution in [2.75, 3.05) is 59.4 Å². The van der Waals surface area contributed by atoms with Crippen molar-refractivity contribution in [3.05, 3.63) is 0 Å². The lowest BCUT2D eigenvalue weighted by atomic mass is 10.2. The summed E-state index contributed by atoms with van der Waals surface area (Å²) in [6.45, 7) is 13.0. The van der Waals surface area contributed by atoms with Gasteiger partial charge in [-0.3, -0.25) is 4.99 Å². The summed E-state index contributed by atoms with van der Waals surface area (Å²) in [5.41, 5.74) is 0. The Hall–Kier alpha value is -0.0800. The second-order valence-electron chi connectivity index (χ2n) is 6.19. The zero-order chi connectivity index (χ0) is 16.0. The van der Waals surface area contributed by atoms with Gasteiger partial charge < -0.3 is 20.4 Å². The third kappa shape index (κ3) is 12.0. The molecule has 0 aromatic rings. The van der Waals surface area contributed by atoms with Crippen LogP contribution in [-0.4, -0.2) is 75.2 Å². The van der Waals surface area contributed by atoms with Gasteiger partial charge in [-0.1, -0.05) is 19.8 Å². The Bertz CT molecular complexity index is 291. The number of nitrogens with zero attached hydrogens (tertiary/aromatic N) is 3. The first kappa shape index (κ1) is 22.9. The molecule has 1 rings (SSSR count). The van der Waals surface area contributed by atoms with Crippen LogP contribution in [0, 0.1) is 0 Å². The van der Waals surface area contributed by atoms with Gasteiger partial charge in [-0.25, -0.2) is 0 Å². The first-order chi connectivity index (χ1) is 10.8. The summed E-state index contributed by atoms with van der Waals surface area (Å²) < 4.78 is 0. The topological polar surface area (TPSA) is 42.9 Å². The van der Waals surface area contributed by atoms with Gasteiger partial charge in [-0.15, -0.1) is 24.0 Å². The van der Waals surface area contributed by atoms with Crippen LogP contribution in [0.25, 0.3) is 0 Å². The van der Waals surface area contributed by atoms with Gasteiger partial charge in [-0.05, 0) is 59.4 Å². The van der Waals surface area contributed by atoms with E-state index in [2.05, 4.69) is 41.3 Å². The Morgan fingerprint density at radius 2 is 1.78 bits per heavy atom. The Balaban J connectivity index is 0.00000484. The molecule has 23 heavy (non-hydrogen) atoms. The first-order valence-electron chi connectivity index (χ1n) is 9.19. The van der Waals surface area contributed by atoms with Crippen LogP contribution in [0.4, 0.5) is 0 Å². The number of hydrogen-bond acceptors (Lipinski definition) is 3. The molecule has 138 valence electrons. The normalized spacial score (nSPS) is 16.8. The van der Waals surface area contributed by atoms with Crippen LogP contribution in [0.15, 0.2) is 4.99 Å². The minimum atomic E-state index is 0. The lowest BCUT2D eigenvalue weighted by molar-refractivity contribution is 0.283. The highest BCUT2D eigenvalue weighted by Gasteiger charge is 2.07. The van der Waals surface area contributed by atoms with Crippen molar-refractivity contribution in [1.29, 1.82) is 0 Å². The minimum absolute atomic E-state index is 0. The quantitative estimate of drug-likeness (QED) is 0.251. The zero-order valence-corrected chi connectivity index (χ0v) is 17.8. The van der Waals surface area contributed by atoms with E-state index in [0.29, 0.717) is 0 Å². The molecule has 0 unspecified atom stereocenters. The summed E-state index contributed by atoms with van der Waals surface area (Å²) in [4.78, 5) is 9.60. The molecule has 0 aromatic carbocycles. The van der Waals surface area contributed by atoms with Crippen LogP contribution in [0.3, 0.4) is 0 Å². The summed E-state index contributed by atoms with van der Waals surface area (Å²) in [6.07, 6.45) is 6.73. The second-order valence-corrected chi connectivity index (χ2v) is 6.19. The maximum atomic E-state index is 4.69. The summed E-state index contributed by atoms with van der Waals surface area (Å²) >= 11 is 0. The fourth-order valence-corrected chi connectivity index (χ4v) is 2.71. The minimum Gasteiger partial charge on any atom is -0.357 e. The van der Waals surface area contributed by atoms with E-state index in [0.717, 1.165) is 45.1 Å². The van der Waals surface area contributed by atoms with E-state index >= 15 is 0 Å². The Morgan fingerprint density at radius 1 is 1.09 bits per heavy atom. The van der Waals surface area contributed by atoms with Gasteiger partial charge in [0.1, 0.15) is 0 Å². The van der Waals surface area contributed by atoms with Crippen LogP contribution >= 0.6 is 24.0 Å². The largest absolute Gasteiger partial charge is 0.357 e. The molecule has 0 amide bonds. The molecule has 5 nitrogen and oxygen atoms in total. The van der Waals surface area contributed by atoms with E-state index in [1.165, 1.54) is 45.3 Å². The van der Waals surface area contributed by atoms with E-state index in [1.54, 1.807) is 0 Å². The lowest BCUT2D eigenvalue weighted by Gasteiger charge is -2.19. The molecule has 6 heteroatoms. The van der Waals surface area contributed by atoms with Crippen LogP contribution in [0.5, 0.6) is 0 Å². The van der Waals surface area contributed by atoms with Crippen molar-refractivity contribution in [2.45, 2.75) is 46.0 Å². The summed E-state index contributed by atoms with van der Waals surface area (Å²) in [5, 5.41) is 6.75. The highest BCUT2D eigenvalue weighted by molar-refractivity contribution is 14.0. The fourth-order valence-electron chi connectivity index (χ4n) is 2.71. The highest BCUT2D eigenvalue weighted by atomic mass is 127. The molecule has 0 radical (unpaired) electrons. The van der Waals surface area contributed by atoms with E-state index in [1.807, 2.05) is 0 Å². The number of hydrogen-bond donors (Lipinski definition) is 2. The third-order valence-electron chi connectivity index (χ3n) is 4.27. The Morgan fingerprint density at radius 3 is 2.39 bits per heavy atom. The van der Waals surface area contributed by atoms with Gasteiger partial charge in [0.05, 0.1) is 0 Å². The van der Waals surface area contributed by atoms with Gasteiger partial charge in [0.25, 0.3) is 0 Å². The second kappa shape index (κ2) is 15.4. The Labute approximate surface area is 160 Å². The molecule has 1 aliphatic rings. The molecule has 0 aliphatic carbocycles. The molecule has 1 fully saturated rings. The van der Waals surface area contributed by atoms with Gasteiger partial charge in [0.2, 0.25) is 0 Å². The number of nitrogens with one attached hydrogen (secondary N) is 2. The number of halogens is 1. The first-order valence-corrected chi connectivity index (χ1v) is 9.19. The molecule has 0 spiro atoms. The van der Waals surface area contributed by atoms with Crippen molar-refractivity contribution < 1.29 is 0 Å². The fraction of sp³-hybridized carbons (Fsp3) is 0.941. The molecule has 0 atom stereocenters. The van der Waals surface area contributed by atoms with Gasteiger partial charge in [0, 0.05) is 26.2 Å². The van der Waals surface area contributed by atoms with Gasteiger partial charge >= 0.3 is 0 Å². The summed E-state index contributed by atoms with van der Waals surface area (Å²) in [6, 6.07) is 0. The van der Waals surface area contributed by atoms with E-state index < -0.39 is 0 Å². The number of aliphatic imine (C=N–C) groups is 1. The van der Waals surface area contributed by atoms with Crippen LogP contribution < -0.4 is 10.6 Å². The van der Waals surface area contributed by atoms with Crippen LogP contribution in [0.2, 0.25) is 0 Å². The van der Waals surface area contributed by atoms with E-state index in [-0.39, 0.29) is 24.0 Å². The molecule has 1 aliphatic heterocycles. The number of likely N-dealkylation sites (N-methyl/N-ethyl adjacent to an activating group) is 1. The maximum Gasteiger partial charge on any atom is 0.191 e. The summed E-state index contributed by atoms with van der Waals surface area (Å²) in [5.74, 6) is 0.961. The van der Waals surface area contributed by atoms with Crippen molar-refractivity contribution in [3.63, 3.8) is 0 Å². The average Bonchev–Trinajstić information content (AvgIpc) is 2.80. The van der Waals surface area contributed by atoms with Gasteiger partial charge in [0.15, 0.2) is 5.96 Å². The zero-order valence-electron chi connectivity index (χ0n) is 15.4. The van der Waals surface area contributed by atoms with Crippen LogP contribution in [-0.2, 0) is 0 Å². The maximum absolute atomic E-state index is 4.69. The van der Waals surface area contributed by atoms with E-state index in [4.69, 9.17) is 4.99 Å². The molecular weight excluding hydrogens is 401 g/mol. The van der Waals surface area contributed by atoms with Crippen molar-refractivity contribution in [1.82, 2.24) is 20.4 Å². The molecule has 2 N–H and O–H groups in total. The Kier molecular flexibility index (Phi) is 15.4. The molecular formula is C17H38IN5. The smallest absolute Gasteiger partial charge is 0.191 e. The lowest BCUT2D eigenvalue weighted by Crippen LogP contribution is -2.41. The number of rotatable bonds is 9. The van der Waals surface area contributed by atoms with Crippen LogP contribution in [0.1, 0.15) is 46.0 Å². The predicted molar refractivity (Wildman–Crippen MR) is 112 cm³/mol. The average molecular weight is 439 g/mol. The molecule has 0 saturated carbocycles. The number of likely N-dealkylation sites (tertiary alicyclic amines) is 1. The monoisotopic (exact) mass is 439 g/mol. The molecule has 1 saturated heterocycles. The molecule has 0 aromatic heterocycles. The van der Waals surface area contributed by atoms with Crippen molar-refractivity contribution in [3.8, 4) is 0 Å². The molecule has 1 heterocycles.